The van der Waals surface area contributed by atoms with Crippen LogP contribution in [0.1, 0.15) is 40.0 Å². The van der Waals surface area contributed by atoms with Crippen LogP contribution in [0.2, 0.25) is 0 Å². The Kier molecular flexibility index (Phi) is 7.33. The molecule has 2 atom stereocenters. The molecule has 0 aliphatic carbocycles. The smallest absolute Gasteiger partial charge is 0.251 e. The van der Waals surface area contributed by atoms with Crippen LogP contribution >= 0.6 is 0 Å². The second-order valence-corrected chi connectivity index (χ2v) is 7.37. The maximum Gasteiger partial charge on any atom is 0.251 e. The molecule has 3 amide bonds. The number of nitrogens with zero attached hydrogens (tertiary/aromatic N) is 1. The monoisotopic (exact) mass is 433 g/mol. The molecule has 0 bridgehead atoms. The Morgan fingerprint density at radius 1 is 0.906 bits per heavy atom. The van der Waals surface area contributed by atoms with Crippen molar-refractivity contribution in [2.45, 2.75) is 18.5 Å². The van der Waals surface area contributed by atoms with Crippen molar-refractivity contribution in [2.24, 2.45) is 5.73 Å². The summed E-state index contributed by atoms with van der Waals surface area (Å²) in [4.78, 5) is 39.1. The number of hydrogen-bond acceptors (Lipinski definition) is 3. The first-order valence-corrected chi connectivity index (χ1v) is 10.1. The van der Waals surface area contributed by atoms with Crippen molar-refractivity contribution < 1.29 is 18.8 Å². The maximum atomic E-state index is 13.7. The van der Waals surface area contributed by atoms with Crippen LogP contribution in [-0.4, -0.2) is 29.7 Å². The van der Waals surface area contributed by atoms with E-state index in [1.165, 1.54) is 36.2 Å². The van der Waals surface area contributed by atoms with E-state index in [1.54, 1.807) is 42.5 Å². The van der Waals surface area contributed by atoms with Gasteiger partial charge in [0.15, 0.2) is 0 Å². The van der Waals surface area contributed by atoms with Crippen LogP contribution in [0.5, 0.6) is 0 Å². The molecule has 3 aromatic rings. The van der Waals surface area contributed by atoms with Crippen molar-refractivity contribution in [1.82, 2.24) is 10.2 Å². The fraction of sp³-hybridized carbons (Fsp3) is 0.160. The second-order valence-electron chi connectivity index (χ2n) is 7.37. The Morgan fingerprint density at radius 3 is 2.09 bits per heavy atom. The predicted molar refractivity (Wildman–Crippen MR) is 119 cm³/mol. The van der Waals surface area contributed by atoms with Gasteiger partial charge in [-0.25, -0.2) is 4.39 Å². The number of likely N-dealkylation sites (N-methyl/N-ethyl adjacent to an activating group) is 1. The van der Waals surface area contributed by atoms with E-state index in [2.05, 4.69) is 5.32 Å². The lowest BCUT2D eigenvalue weighted by Gasteiger charge is -2.28. The molecule has 0 radical (unpaired) electrons. The molecular weight excluding hydrogens is 409 g/mol. The number of amides is 3. The number of hydrogen-bond donors (Lipinski definition) is 2. The van der Waals surface area contributed by atoms with Crippen LogP contribution in [-0.2, 0) is 9.59 Å². The van der Waals surface area contributed by atoms with E-state index in [9.17, 15) is 18.8 Å². The molecule has 6 nitrogen and oxygen atoms in total. The zero-order valence-corrected chi connectivity index (χ0v) is 17.6. The zero-order valence-electron chi connectivity index (χ0n) is 17.6. The Hall–Kier alpha value is -4.00. The molecule has 0 aromatic heterocycles. The molecular formula is C25H24FN3O3. The van der Waals surface area contributed by atoms with Crippen LogP contribution in [0.4, 0.5) is 4.39 Å². The molecule has 0 aliphatic rings. The van der Waals surface area contributed by atoms with E-state index in [4.69, 9.17) is 5.73 Å². The summed E-state index contributed by atoms with van der Waals surface area (Å²) in [5.74, 6) is -2.07. The predicted octanol–water partition coefficient (Wildman–Crippen LogP) is 3.37. The molecule has 0 spiro atoms. The summed E-state index contributed by atoms with van der Waals surface area (Å²) in [6.45, 7) is 0. The summed E-state index contributed by atoms with van der Waals surface area (Å²) < 4.78 is 13.7. The van der Waals surface area contributed by atoms with Gasteiger partial charge in [0.25, 0.3) is 5.91 Å². The number of rotatable bonds is 8. The average molecular weight is 433 g/mol. The summed E-state index contributed by atoms with van der Waals surface area (Å²) >= 11 is 0. The van der Waals surface area contributed by atoms with Gasteiger partial charge < -0.3 is 16.0 Å². The molecule has 32 heavy (non-hydrogen) atoms. The number of primary amides is 1. The fourth-order valence-corrected chi connectivity index (χ4v) is 3.49. The van der Waals surface area contributed by atoms with Gasteiger partial charge in [0.05, 0.1) is 12.5 Å². The van der Waals surface area contributed by atoms with Crippen LogP contribution < -0.4 is 11.1 Å². The van der Waals surface area contributed by atoms with E-state index in [0.29, 0.717) is 5.56 Å². The van der Waals surface area contributed by atoms with Crippen LogP contribution in [0, 0.1) is 5.82 Å². The van der Waals surface area contributed by atoms with E-state index in [0.717, 1.165) is 5.56 Å². The van der Waals surface area contributed by atoms with Gasteiger partial charge in [-0.15, -0.1) is 0 Å². The average Bonchev–Trinajstić information content (AvgIpc) is 2.79. The minimum atomic E-state index is -1.14. The Bertz CT molecular complexity index is 1090. The van der Waals surface area contributed by atoms with Crippen molar-refractivity contribution in [3.8, 4) is 0 Å². The second kappa shape index (κ2) is 10.3. The number of carbonyl (C=O) groups excluding carboxylic acids is 3. The normalized spacial score (nSPS) is 12.4. The number of carbonyl (C=O) groups is 3. The molecule has 0 heterocycles. The standard InChI is InChI=1S/C25H24FN3O3/c1-29(23(24(27)31)19-13-8-14-20(26)15-19)22(30)16-21(17-9-4-2-5-10-17)28-25(32)18-11-6-3-7-12-18/h2-15,21,23H,16H2,1H3,(H2,27,31)(H,28,32). The number of nitrogens with two attached hydrogens (primary N) is 1. The maximum absolute atomic E-state index is 13.7. The molecule has 164 valence electrons. The van der Waals surface area contributed by atoms with E-state index >= 15 is 0 Å². The van der Waals surface area contributed by atoms with Gasteiger partial charge in [-0.3, -0.25) is 14.4 Å². The molecule has 0 fully saturated rings. The summed E-state index contributed by atoms with van der Waals surface area (Å²) in [5, 5.41) is 2.89. The van der Waals surface area contributed by atoms with Crippen molar-refractivity contribution in [2.75, 3.05) is 7.05 Å². The van der Waals surface area contributed by atoms with Gasteiger partial charge in [0.2, 0.25) is 11.8 Å². The molecule has 3 rings (SSSR count). The summed E-state index contributed by atoms with van der Waals surface area (Å²) in [6.07, 6.45) is -0.113. The van der Waals surface area contributed by atoms with Crippen molar-refractivity contribution in [3.05, 3.63) is 107 Å². The molecule has 3 aromatic carbocycles. The van der Waals surface area contributed by atoms with Gasteiger partial charge in [0.1, 0.15) is 11.9 Å². The van der Waals surface area contributed by atoms with Gasteiger partial charge in [0, 0.05) is 12.6 Å². The lowest BCUT2D eigenvalue weighted by molar-refractivity contribution is -0.138. The number of halogens is 1. The Labute approximate surface area is 185 Å². The quantitative estimate of drug-likeness (QED) is 0.571. The summed E-state index contributed by atoms with van der Waals surface area (Å²) in [5.41, 5.74) is 7.01. The first kappa shape index (κ1) is 22.7. The van der Waals surface area contributed by atoms with Crippen molar-refractivity contribution in [3.63, 3.8) is 0 Å². The SMILES string of the molecule is CN(C(=O)CC(NC(=O)c1ccccc1)c1ccccc1)C(C(N)=O)c1cccc(F)c1. The number of benzene rings is 3. The largest absolute Gasteiger partial charge is 0.368 e. The highest BCUT2D eigenvalue weighted by Gasteiger charge is 2.29. The lowest BCUT2D eigenvalue weighted by Crippen LogP contribution is -2.41. The van der Waals surface area contributed by atoms with Gasteiger partial charge in [-0.2, -0.15) is 0 Å². The van der Waals surface area contributed by atoms with E-state index < -0.39 is 29.7 Å². The molecule has 0 aliphatic heterocycles. The van der Waals surface area contributed by atoms with Gasteiger partial charge >= 0.3 is 0 Å². The highest BCUT2D eigenvalue weighted by atomic mass is 19.1. The van der Waals surface area contributed by atoms with Crippen LogP contribution in [0.25, 0.3) is 0 Å². The van der Waals surface area contributed by atoms with Gasteiger partial charge in [-0.1, -0.05) is 60.7 Å². The van der Waals surface area contributed by atoms with Crippen molar-refractivity contribution >= 4 is 17.7 Å². The van der Waals surface area contributed by atoms with E-state index in [1.807, 2.05) is 18.2 Å². The zero-order chi connectivity index (χ0) is 23.1. The minimum absolute atomic E-state index is 0.113. The third kappa shape index (κ3) is 5.57. The number of nitrogens with one attached hydrogen (secondary N) is 1. The molecule has 7 heteroatoms. The molecule has 0 saturated heterocycles. The molecule has 2 unspecified atom stereocenters. The van der Waals surface area contributed by atoms with Gasteiger partial charge in [-0.05, 0) is 35.4 Å². The highest BCUT2D eigenvalue weighted by Crippen LogP contribution is 2.24. The summed E-state index contributed by atoms with van der Waals surface area (Å²) in [6, 6.07) is 21.4. The molecule has 0 saturated carbocycles. The highest BCUT2D eigenvalue weighted by molar-refractivity contribution is 5.95. The summed E-state index contributed by atoms with van der Waals surface area (Å²) in [7, 11) is 1.43. The first-order chi connectivity index (χ1) is 15.4. The minimum Gasteiger partial charge on any atom is -0.368 e. The van der Waals surface area contributed by atoms with Crippen molar-refractivity contribution in [1.29, 1.82) is 0 Å². The lowest BCUT2D eigenvalue weighted by atomic mass is 10.0. The Balaban J connectivity index is 1.83. The topological polar surface area (TPSA) is 92.5 Å². The fourth-order valence-electron chi connectivity index (χ4n) is 3.49. The van der Waals surface area contributed by atoms with Crippen LogP contribution in [0.3, 0.4) is 0 Å². The first-order valence-electron chi connectivity index (χ1n) is 10.1. The molecule has 3 N–H and O–H groups in total. The third-order valence-corrected chi connectivity index (χ3v) is 5.14. The van der Waals surface area contributed by atoms with E-state index in [-0.39, 0.29) is 17.9 Å². The third-order valence-electron chi connectivity index (χ3n) is 5.14. The van der Waals surface area contributed by atoms with Crippen LogP contribution in [0.15, 0.2) is 84.9 Å². The Morgan fingerprint density at radius 2 is 1.50 bits per heavy atom.